The Morgan fingerprint density at radius 1 is 1.00 bits per heavy atom. The molecular formula is C24H42O2. The van der Waals surface area contributed by atoms with Gasteiger partial charge in [-0.3, -0.25) is 4.79 Å². The Morgan fingerprint density at radius 2 is 1.62 bits per heavy atom. The van der Waals surface area contributed by atoms with E-state index in [4.69, 9.17) is 4.74 Å². The van der Waals surface area contributed by atoms with Crippen LogP contribution in [0.1, 0.15) is 107 Å². The smallest absolute Gasteiger partial charge is 0.312 e. The number of hydrogen-bond acceptors (Lipinski definition) is 2. The van der Waals surface area contributed by atoms with Gasteiger partial charge in [-0.15, -0.1) is 0 Å². The molecule has 5 atom stereocenters. The van der Waals surface area contributed by atoms with E-state index in [1.54, 1.807) is 0 Å². The van der Waals surface area contributed by atoms with Crippen LogP contribution in [0.25, 0.3) is 0 Å². The highest BCUT2D eigenvalue weighted by Crippen LogP contribution is 2.60. The van der Waals surface area contributed by atoms with Gasteiger partial charge in [-0.25, -0.2) is 0 Å². The number of ether oxygens (including phenoxy) is 1. The molecule has 150 valence electrons. The second kappa shape index (κ2) is 5.98. The first-order valence-electron chi connectivity index (χ1n) is 10.9. The van der Waals surface area contributed by atoms with E-state index in [-0.39, 0.29) is 22.4 Å². The summed E-state index contributed by atoms with van der Waals surface area (Å²) in [7, 11) is 0. The van der Waals surface area contributed by atoms with Crippen LogP contribution in [0.15, 0.2) is 0 Å². The molecule has 0 radical (unpaired) electrons. The molecule has 4 bridgehead atoms. The molecular weight excluding hydrogens is 320 g/mol. The van der Waals surface area contributed by atoms with Gasteiger partial charge in [0, 0.05) is 0 Å². The summed E-state index contributed by atoms with van der Waals surface area (Å²) in [5, 5.41) is 0. The van der Waals surface area contributed by atoms with Gasteiger partial charge in [-0.1, -0.05) is 48.5 Å². The van der Waals surface area contributed by atoms with Gasteiger partial charge in [0.25, 0.3) is 0 Å². The molecule has 0 spiro atoms. The molecule has 0 amide bonds. The molecule has 26 heavy (non-hydrogen) atoms. The van der Waals surface area contributed by atoms with Crippen LogP contribution in [-0.4, -0.2) is 11.6 Å². The van der Waals surface area contributed by atoms with E-state index in [0.717, 1.165) is 37.5 Å². The molecule has 4 aliphatic carbocycles. The molecule has 0 aromatic rings. The fourth-order valence-electron chi connectivity index (χ4n) is 6.72. The minimum Gasteiger partial charge on any atom is -0.459 e. The predicted molar refractivity (Wildman–Crippen MR) is 108 cm³/mol. The van der Waals surface area contributed by atoms with Crippen molar-refractivity contribution in [3.8, 4) is 0 Å². The summed E-state index contributed by atoms with van der Waals surface area (Å²) in [6.07, 6.45) is 9.56. The Morgan fingerprint density at radius 3 is 2.19 bits per heavy atom. The third-order valence-corrected chi connectivity index (χ3v) is 7.97. The first-order chi connectivity index (χ1) is 11.7. The molecule has 0 N–H and O–H groups in total. The lowest BCUT2D eigenvalue weighted by Gasteiger charge is -2.53. The number of carbonyl (C=O) groups is 1. The Balaban J connectivity index is 1.88. The fourth-order valence-corrected chi connectivity index (χ4v) is 6.72. The highest BCUT2D eigenvalue weighted by molar-refractivity contribution is 5.78. The number of fused-ring (bicyclic) bond motifs is 1. The lowest BCUT2D eigenvalue weighted by molar-refractivity contribution is -0.197. The van der Waals surface area contributed by atoms with E-state index in [0.29, 0.717) is 5.41 Å². The molecule has 0 aromatic heterocycles. The number of rotatable bonds is 3. The molecule has 5 unspecified atom stereocenters. The summed E-state index contributed by atoms with van der Waals surface area (Å²) in [6, 6.07) is 0. The van der Waals surface area contributed by atoms with E-state index >= 15 is 0 Å². The summed E-state index contributed by atoms with van der Waals surface area (Å²) in [6.45, 7) is 17.9. The van der Waals surface area contributed by atoms with Crippen molar-refractivity contribution in [2.45, 2.75) is 112 Å². The first kappa shape index (κ1) is 20.2. The van der Waals surface area contributed by atoms with Crippen molar-refractivity contribution in [2.75, 3.05) is 0 Å². The minimum absolute atomic E-state index is 0.0606. The lowest BCUT2D eigenvalue weighted by Crippen LogP contribution is -2.53. The first-order valence-corrected chi connectivity index (χ1v) is 10.9. The highest BCUT2D eigenvalue weighted by Gasteiger charge is 2.57. The van der Waals surface area contributed by atoms with Crippen LogP contribution in [0.3, 0.4) is 0 Å². The molecule has 2 heteroatoms. The predicted octanol–water partition coefficient (Wildman–Crippen LogP) is 6.77. The van der Waals surface area contributed by atoms with Gasteiger partial charge in [0.1, 0.15) is 5.60 Å². The van der Waals surface area contributed by atoms with E-state index in [1.807, 2.05) is 0 Å². The maximum absolute atomic E-state index is 13.7. The quantitative estimate of drug-likeness (QED) is 0.518. The third kappa shape index (κ3) is 3.72. The van der Waals surface area contributed by atoms with E-state index < -0.39 is 5.41 Å². The molecule has 4 saturated carbocycles. The SMILES string of the molecule is CC(C)(C)CC(C)(C(=O)OC12CC3CCC(C)(CC(C3)C1)C2)C(C)(C)C. The second-order valence-corrected chi connectivity index (χ2v) is 13.0. The zero-order chi connectivity index (χ0) is 19.6. The van der Waals surface area contributed by atoms with Gasteiger partial charge < -0.3 is 4.74 Å². The van der Waals surface area contributed by atoms with Crippen LogP contribution in [0, 0.1) is 33.5 Å². The van der Waals surface area contributed by atoms with Crippen molar-refractivity contribution >= 4 is 5.97 Å². The summed E-state index contributed by atoms with van der Waals surface area (Å²) in [5.74, 6) is 1.60. The molecule has 0 saturated heterocycles. The van der Waals surface area contributed by atoms with Crippen LogP contribution >= 0.6 is 0 Å². The third-order valence-electron chi connectivity index (χ3n) is 7.97. The maximum Gasteiger partial charge on any atom is 0.312 e. The zero-order valence-electron chi connectivity index (χ0n) is 18.6. The van der Waals surface area contributed by atoms with Crippen molar-refractivity contribution in [3.63, 3.8) is 0 Å². The maximum atomic E-state index is 13.7. The molecule has 4 rings (SSSR count). The Kier molecular flexibility index (Phi) is 4.65. The number of hydrogen-bond donors (Lipinski definition) is 0. The molecule has 2 nitrogen and oxygen atoms in total. The van der Waals surface area contributed by atoms with Crippen molar-refractivity contribution in [2.24, 2.45) is 33.5 Å². The number of esters is 1. The molecule has 0 aliphatic heterocycles. The van der Waals surface area contributed by atoms with Crippen LogP contribution < -0.4 is 0 Å². The van der Waals surface area contributed by atoms with Crippen molar-refractivity contribution in [1.82, 2.24) is 0 Å². The Labute approximate surface area is 161 Å². The normalized spacial score (nSPS) is 39.4. The average Bonchev–Trinajstić information content (AvgIpc) is 2.57. The molecule has 4 fully saturated rings. The molecule has 4 aliphatic rings. The Bertz CT molecular complexity index is 566. The number of carbonyl (C=O) groups excluding carboxylic acids is 1. The molecule has 0 heterocycles. The van der Waals surface area contributed by atoms with Crippen molar-refractivity contribution < 1.29 is 9.53 Å². The van der Waals surface area contributed by atoms with E-state index in [9.17, 15) is 4.79 Å². The van der Waals surface area contributed by atoms with Crippen LogP contribution in [-0.2, 0) is 9.53 Å². The highest BCUT2D eigenvalue weighted by atomic mass is 16.6. The van der Waals surface area contributed by atoms with E-state index in [1.165, 1.54) is 25.7 Å². The average molecular weight is 363 g/mol. The monoisotopic (exact) mass is 362 g/mol. The van der Waals surface area contributed by atoms with Gasteiger partial charge >= 0.3 is 5.97 Å². The minimum atomic E-state index is -0.454. The summed E-state index contributed by atoms with van der Waals surface area (Å²) < 4.78 is 6.59. The molecule has 0 aromatic carbocycles. The van der Waals surface area contributed by atoms with Gasteiger partial charge in [-0.2, -0.15) is 0 Å². The summed E-state index contributed by atoms with van der Waals surface area (Å²) in [4.78, 5) is 13.7. The largest absolute Gasteiger partial charge is 0.459 e. The standard InChI is InChI=1S/C24H42O2/c1-20(2,3)15-23(8,21(4,5)6)19(25)26-24-13-17-9-10-22(7,16-24)12-18(11-17)14-24/h17-18H,9-16H2,1-8H3. The van der Waals surface area contributed by atoms with Gasteiger partial charge in [0.2, 0.25) is 0 Å². The topological polar surface area (TPSA) is 26.3 Å². The van der Waals surface area contributed by atoms with Crippen LogP contribution in [0.2, 0.25) is 0 Å². The van der Waals surface area contributed by atoms with E-state index in [2.05, 4.69) is 55.4 Å². The van der Waals surface area contributed by atoms with Gasteiger partial charge in [-0.05, 0) is 86.4 Å². The van der Waals surface area contributed by atoms with Gasteiger partial charge in [0.05, 0.1) is 5.41 Å². The fraction of sp³-hybridized carbons (Fsp3) is 0.958. The van der Waals surface area contributed by atoms with Crippen molar-refractivity contribution in [1.29, 1.82) is 0 Å². The van der Waals surface area contributed by atoms with Crippen molar-refractivity contribution in [3.05, 3.63) is 0 Å². The van der Waals surface area contributed by atoms with Crippen LogP contribution in [0.4, 0.5) is 0 Å². The second-order valence-electron chi connectivity index (χ2n) is 13.0. The van der Waals surface area contributed by atoms with Gasteiger partial charge in [0.15, 0.2) is 0 Å². The lowest BCUT2D eigenvalue weighted by atomic mass is 9.59. The Hall–Kier alpha value is -0.530. The zero-order valence-corrected chi connectivity index (χ0v) is 18.6. The summed E-state index contributed by atoms with van der Waals surface area (Å²) >= 11 is 0. The van der Waals surface area contributed by atoms with Crippen LogP contribution in [0.5, 0.6) is 0 Å². The summed E-state index contributed by atoms with van der Waals surface area (Å²) in [5.41, 5.74) is -0.259.